The van der Waals surface area contributed by atoms with Crippen LogP contribution in [-0.2, 0) is 0 Å². The van der Waals surface area contributed by atoms with Crippen LogP contribution in [0.25, 0.3) is 10.9 Å². The molecule has 1 aromatic heterocycles. The number of fused-ring (bicyclic) bond motifs is 1. The van der Waals surface area contributed by atoms with Crippen LogP contribution in [-0.4, -0.2) is 4.98 Å². The van der Waals surface area contributed by atoms with Crippen molar-refractivity contribution in [2.24, 2.45) is 0 Å². The first-order valence-electron chi connectivity index (χ1n) is 4.71. The van der Waals surface area contributed by atoms with Crippen molar-refractivity contribution < 1.29 is 0 Å². The molecule has 0 bridgehead atoms. The summed E-state index contributed by atoms with van der Waals surface area (Å²) in [5, 5.41) is 10.1. The highest BCUT2D eigenvalue weighted by molar-refractivity contribution is 5.84. The van der Waals surface area contributed by atoms with E-state index in [9.17, 15) is 0 Å². The maximum absolute atomic E-state index is 8.87. The van der Waals surface area contributed by atoms with E-state index < -0.39 is 0 Å². The van der Waals surface area contributed by atoms with Gasteiger partial charge in [0.2, 0.25) is 0 Å². The molecule has 1 unspecified atom stereocenters. The number of aromatic amines is 1. The van der Waals surface area contributed by atoms with Gasteiger partial charge in [0.15, 0.2) is 0 Å². The zero-order valence-electron chi connectivity index (χ0n) is 8.33. The topological polar surface area (TPSA) is 39.6 Å². The summed E-state index contributed by atoms with van der Waals surface area (Å²) in [4.78, 5) is 3.29. The molecular formula is C12H12N2. The number of hydrogen-bond acceptors (Lipinski definition) is 1. The number of aryl methyl sites for hydroxylation is 1. The lowest BCUT2D eigenvalue weighted by atomic mass is 10.0. The standard InChI is InChI=1S/C12H12N2/c1-8(7-13)12-9(2)10-5-3-4-6-11(10)14-12/h3-6,8,14H,1-2H3. The monoisotopic (exact) mass is 184 g/mol. The second-order valence-corrected chi connectivity index (χ2v) is 3.56. The molecule has 0 fully saturated rings. The molecule has 0 spiro atoms. The lowest BCUT2D eigenvalue weighted by Gasteiger charge is -1.99. The van der Waals surface area contributed by atoms with Crippen molar-refractivity contribution in [3.63, 3.8) is 0 Å². The van der Waals surface area contributed by atoms with Crippen molar-refractivity contribution in [3.8, 4) is 6.07 Å². The molecule has 0 radical (unpaired) electrons. The fraction of sp³-hybridized carbons (Fsp3) is 0.250. The fourth-order valence-electron chi connectivity index (χ4n) is 1.80. The lowest BCUT2D eigenvalue weighted by Crippen LogP contribution is -1.91. The molecule has 0 aliphatic rings. The first-order valence-corrected chi connectivity index (χ1v) is 4.71. The van der Waals surface area contributed by atoms with Crippen molar-refractivity contribution in [1.29, 1.82) is 5.26 Å². The molecule has 0 saturated heterocycles. The van der Waals surface area contributed by atoms with Gasteiger partial charge in [0.1, 0.15) is 0 Å². The average molecular weight is 184 g/mol. The first-order chi connectivity index (χ1) is 6.74. The van der Waals surface area contributed by atoms with Crippen molar-refractivity contribution in [2.75, 3.05) is 0 Å². The largest absolute Gasteiger partial charge is 0.357 e. The Morgan fingerprint density at radius 1 is 1.36 bits per heavy atom. The van der Waals surface area contributed by atoms with E-state index in [0.29, 0.717) is 0 Å². The molecule has 70 valence electrons. The summed E-state index contributed by atoms with van der Waals surface area (Å²) in [5.41, 5.74) is 3.34. The van der Waals surface area contributed by atoms with Crippen molar-refractivity contribution in [1.82, 2.24) is 4.98 Å². The molecule has 0 aliphatic carbocycles. The predicted molar refractivity (Wildman–Crippen MR) is 57.1 cm³/mol. The van der Waals surface area contributed by atoms with E-state index in [-0.39, 0.29) is 5.92 Å². The Hall–Kier alpha value is -1.75. The van der Waals surface area contributed by atoms with Gasteiger partial charge in [-0.1, -0.05) is 18.2 Å². The van der Waals surface area contributed by atoms with Gasteiger partial charge in [-0.25, -0.2) is 0 Å². The van der Waals surface area contributed by atoms with Crippen molar-refractivity contribution >= 4 is 10.9 Å². The number of hydrogen-bond donors (Lipinski definition) is 1. The molecule has 2 aromatic rings. The highest BCUT2D eigenvalue weighted by Gasteiger charge is 2.12. The Balaban J connectivity index is 2.70. The van der Waals surface area contributed by atoms with Gasteiger partial charge in [-0.3, -0.25) is 0 Å². The lowest BCUT2D eigenvalue weighted by molar-refractivity contribution is 0.928. The van der Waals surface area contributed by atoms with Gasteiger partial charge < -0.3 is 4.98 Å². The minimum Gasteiger partial charge on any atom is -0.357 e. The van der Waals surface area contributed by atoms with Gasteiger partial charge in [-0.2, -0.15) is 5.26 Å². The molecule has 14 heavy (non-hydrogen) atoms. The van der Waals surface area contributed by atoms with Crippen molar-refractivity contribution in [3.05, 3.63) is 35.5 Å². The molecule has 0 saturated carbocycles. The quantitative estimate of drug-likeness (QED) is 0.726. The minimum absolute atomic E-state index is 0.0672. The SMILES string of the molecule is Cc1c(C(C)C#N)[nH]c2ccccc12. The summed E-state index contributed by atoms with van der Waals surface area (Å²) in [7, 11) is 0. The number of para-hydroxylation sites is 1. The number of nitrogens with zero attached hydrogens (tertiary/aromatic N) is 1. The second kappa shape index (κ2) is 3.19. The van der Waals surface area contributed by atoms with Crippen LogP contribution in [0.2, 0.25) is 0 Å². The van der Waals surface area contributed by atoms with Gasteiger partial charge in [0.05, 0.1) is 12.0 Å². The maximum atomic E-state index is 8.87. The number of nitrogens with one attached hydrogen (secondary N) is 1. The van der Waals surface area contributed by atoms with Crippen LogP contribution in [0.1, 0.15) is 24.1 Å². The highest BCUT2D eigenvalue weighted by atomic mass is 14.7. The number of H-pyrrole nitrogens is 1. The molecule has 2 heteroatoms. The molecule has 1 heterocycles. The Kier molecular flexibility index (Phi) is 2.01. The van der Waals surface area contributed by atoms with Crippen LogP contribution in [0.5, 0.6) is 0 Å². The molecule has 1 N–H and O–H groups in total. The van der Waals surface area contributed by atoms with Gasteiger partial charge >= 0.3 is 0 Å². The zero-order valence-corrected chi connectivity index (χ0v) is 8.33. The van der Waals surface area contributed by atoms with Crippen LogP contribution in [0.3, 0.4) is 0 Å². The summed E-state index contributed by atoms with van der Waals surface area (Å²) in [6, 6.07) is 10.4. The van der Waals surface area contributed by atoms with E-state index >= 15 is 0 Å². The third-order valence-corrected chi connectivity index (χ3v) is 2.63. The molecular weight excluding hydrogens is 172 g/mol. The highest BCUT2D eigenvalue weighted by Crippen LogP contribution is 2.26. The number of nitriles is 1. The van der Waals surface area contributed by atoms with E-state index in [2.05, 4.69) is 24.0 Å². The predicted octanol–water partition coefficient (Wildman–Crippen LogP) is 3.10. The van der Waals surface area contributed by atoms with E-state index in [4.69, 9.17) is 5.26 Å². The van der Waals surface area contributed by atoms with Gasteiger partial charge in [0, 0.05) is 16.6 Å². The summed E-state index contributed by atoms with van der Waals surface area (Å²) < 4.78 is 0. The van der Waals surface area contributed by atoms with Crippen LogP contribution in [0.15, 0.2) is 24.3 Å². The minimum atomic E-state index is -0.0672. The summed E-state index contributed by atoms with van der Waals surface area (Å²) in [6.07, 6.45) is 0. The third-order valence-electron chi connectivity index (χ3n) is 2.63. The van der Waals surface area contributed by atoms with Crippen LogP contribution >= 0.6 is 0 Å². The smallest absolute Gasteiger partial charge is 0.0837 e. The summed E-state index contributed by atoms with van der Waals surface area (Å²) in [6.45, 7) is 3.97. The zero-order chi connectivity index (χ0) is 10.1. The Labute approximate surface area is 83.2 Å². The normalized spacial score (nSPS) is 12.6. The van der Waals surface area contributed by atoms with Gasteiger partial charge in [-0.15, -0.1) is 0 Å². The summed E-state index contributed by atoms with van der Waals surface area (Å²) in [5.74, 6) is -0.0672. The van der Waals surface area contributed by atoms with Crippen molar-refractivity contribution in [2.45, 2.75) is 19.8 Å². The van der Waals surface area contributed by atoms with Crippen LogP contribution < -0.4 is 0 Å². The molecule has 2 nitrogen and oxygen atoms in total. The third kappa shape index (κ3) is 1.18. The first kappa shape index (κ1) is 8.83. The molecule has 2 rings (SSSR count). The maximum Gasteiger partial charge on any atom is 0.0837 e. The number of aromatic nitrogens is 1. The molecule has 1 aromatic carbocycles. The Morgan fingerprint density at radius 3 is 2.71 bits per heavy atom. The number of benzene rings is 1. The fourth-order valence-corrected chi connectivity index (χ4v) is 1.80. The molecule has 1 atom stereocenters. The van der Waals surface area contributed by atoms with E-state index in [1.165, 1.54) is 10.9 Å². The van der Waals surface area contributed by atoms with E-state index in [1.807, 2.05) is 25.1 Å². The van der Waals surface area contributed by atoms with Gasteiger partial charge in [0.25, 0.3) is 0 Å². The number of rotatable bonds is 1. The van der Waals surface area contributed by atoms with E-state index in [0.717, 1.165) is 11.2 Å². The molecule has 0 amide bonds. The second-order valence-electron chi connectivity index (χ2n) is 3.56. The van der Waals surface area contributed by atoms with Crippen LogP contribution in [0, 0.1) is 18.3 Å². The Morgan fingerprint density at radius 2 is 2.07 bits per heavy atom. The van der Waals surface area contributed by atoms with Crippen LogP contribution in [0.4, 0.5) is 0 Å². The molecule has 0 aliphatic heterocycles. The Bertz CT molecular complexity index is 503. The summed E-state index contributed by atoms with van der Waals surface area (Å²) >= 11 is 0. The van der Waals surface area contributed by atoms with E-state index in [1.54, 1.807) is 0 Å². The average Bonchev–Trinajstić information content (AvgIpc) is 2.56. The van der Waals surface area contributed by atoms with Gasteiger partial charge in [-0.05, 0) is 25.5 Å².